The van der Waals surface area contributed by atoms with Crippen molar-refractivity contribution >= 4 is 11.6 Å². The molecule has 4 nitrogen and oxygen atoms in total. The van der Waals surface area contributed by atoms with Crippen molar-refractivity contribution in [1.82, 2.24) is 9.80 Å². The van der Waals surface area contributed by atoms with Gasteiger partial charge in [-0.1, -0.05) is 12.1 Å². The standard InChI is InChI=1S/C16H27N3O/c1-17(2)12-13-19(5)16(20)11-8-14-6-9-15(10-7-14)18(3)4/h6-7,9-10H,8,11-13H2,1-5H3. The maximum absolute atomic E-state index is 12.0. The minimum atomic E-state index is 0.212. The zero-order valence-electron chi connectivity index (χ0n) is 13.4. The Morgan fingerprint density at radius 3 is 2.05 bits per heavy atom. The molecule has 0 unspecified atom stereocenters. The highest BCUT2D eigenvalue weighted by Gasteiger charge is 2.09. The lowest BCUT2D eigenvalue weighted by Gasteiger charge is -2.19. The summed E-state index contributed by atoms with van der Waals surface area (Å²) in [6.07, 6.45) is 1.38. The third kappa shape index (κ3) is 5.61. The van der Waals surface area contributed by atoms with E-state index in [0.717, 1.165) is 19.5 Å². The molecule has 0 aliphatic carbocycles. The molecule has 0 saturated heterocycles. The van der Waals surface area contributed by atoms with Crippen LogP contribution >= 0.6 is 0 Å². The number of nitrogens with zero attached hydrogens (tertiary/aromatic N) is 3. The third-order valence-corrected chi connectivity index (χ3v) is 3.39. The second kappa shape index (κ2) is 7.90. The van der Waals surface area contributed by atoms with Crippen LogP contribution in [0, 0.1) is 0 Å². The molecule has 0 bridgehead atoms. The van der Waals surface area contributed by atoms with Gasteiger partial charge in [-0.05, 0) is 38.2 Å². The molecule has 1 amide bonds. The van der Waals surface area contributed by atoms with Crippen LogP contribution in [0.5, 0.6) is 0 Å². The Morgan fingerprint density at radius 2 is 1.55 bits per heavy atom. The van der Waals surface area contributed by atoms with Crippen LogP contribution in [0.15, 0.2) is 24.3 Å². The molecule has 0 aliphatic heterocycles. The highest BCUT2D eigenvalue weighted by molar-refractivity contribution is 5.76. The fraction of sp³-hybridized carbons (Fsp3) is 0.562. The Kier molecular flexibility index (Phi) is 6.52. The predicted molar refractivity (Wildman–Crippen MR) is 85.3 cm³/mol. The van der Waals surface area contributed by atoms with E-state index < -0.39 is 0 Å². The van der Waals surface area contributed by atoms with E-state index in [0.29, 0.717) is 6.42 Å². The number of hydrogen-bond acceptors (Lipinski definition) is 3. The SMILES string of the molecule is CN(C)CCN(C)C(=O)CCc1ccc(N(C)C)cc1. The first-order valence-corrected chi connectivity index (χ1v) is 7.05. The second-order valence-corrected chi connectivity index (χ2v) is 5.68. The Morgan fingerprint density at radius 1 is 0.950 bits per heavy atom. The largest absolute Gasteiger partial charge is 0.378 e. The van der Waals surface area contributed by atoms with E-state index >= 15 is 0 Å². The monoisotopic (exact) mass is 277 g/mol. The summed E-state index contributed by atoms with van der Waals surface area (Å²) in [5.74, 6) is 0.212. The van der Waals surface area contributed by atoms with Gasteiger partial charge in [-0.2, -0.15) is 0 Å². The van der Waals surface area contributed by atoms with E-state index in [-0.39, 0.29) is 5.91 Å². The first kappa shape index (κ1) is 16.5. The topological polar surface area (TPSA) is 26.8 Å². The number of rotatable bonds is 7. The molecule has 1 aromatic rings. The normalized spacial score (nSPS) is 10.7. The van der Waals surface area contributed by atoms with Gasteiger partial charge in [0, 0.05) is 46.3 Å². The van der Waals surface area contributed by atoms with E-state index in [1.54, 1.807) is 0 Å². The molecular weight excluding hydrogens is 250 g/mol. The lowest BCUT2D eigenvalue weighted by molar-refractivity contribution is -0.129. The minimum absolute atomic E-state index is 0.212. The Balaban J connectivity index is 2.40. The van der Waals surface area contributed by atoms with Crippen molar-refractivity contribution in [1.29, 1.82) is 0 Å². The van der Waals surface area contributed by atoms with Crippen LogP contribution in [0.2, 0.25) is 0 Å². The molecule has 0 heterocycles. The third-order valence-electron chi connectivity index (χ3n) is 3.39. The number of hydrogen-bond donors (Lipinski definition) is 0. The number of carbonyl (C=O) groups is 1. The molecule has 0 spiro atoms. The number of amides is 1. The van der Waals surface area contributed by atoms with Gasteiger partial charge in [0.25, 0.3) is 0 Å². The molecule has 0 atom stereocenters. The highest BCUT2D eigenvalue weighted by atomic mass is 16.2. The summed E-state index contributed by atoms with van der Waals surface area (Å²) in [6.45, 7) is 1.69. The maximum Gasteiger partial charge on any atom is 0.222 e. The summed E-state index contributed by atoms with van der Waals surface area (Å²) in [5.41, 5.74) is 2.40. The molecule has 1 aromatic carbocycles. The van der Waals surface area contributed by atoms with E-state index in [9.17, 15) is 4.79 Å². The van der Waals surface area contributed by atoms with Gasteiger partial charge in [0.05, 0.1) is 0 Å². The fourth-order valence-corrected chi connectivity index (χ4v) is 1.88. The van der Waals surface area contributed by atoms with E-state index in [2.05, 4.69) is 34.1 Å². The van der Waals surface area contributed by atoms with Crippen LogP contribution < -0.4 is 4.90 Å². The van der Waals surface area contributed by atoms with Crippen LogP contribution in [0.25, 0.3) is 0 Å². The molecule has 4 heteroatoms. The zero-order chi connectivity index (χ0) is 15.1. The second-order valence-electron chi connectivity index (χ2n) is 5.68. The summed E-state index contributed by atoms with van der Waals surface area (Å²) in [5, 5.41) is 0. The van der Waals surface area contributed by atoms with Crippen molar-refractivity contribution in [3.8, 4) is 0 Å². The van der Waals surface area contributed by atoms with Crippen LogP contribution in [0.4, 0.5) is 5.69 Å². The van der Waals surface area contributed by atoms with Crippen molar-refractivity contribution in [2.24, 2.45) is 0 Å². The minimum Gasteiger partial charge on any atom is -0.378 e. The summed E-state index contributed by atoms with van der Waals surface area (Å²) in [6, 6.07) is 8.38. The van der Waals surface area contributed by atoms with Crippen molar-refractivity contribution in [2.45, 2.75) is 12.8 Å². The molecule has 0 aromatic heterocycles. The predicted octanol–water partition coefficient (Wildman–Crippen LogP) is 1.71. The Hall–Kier alpha value is -1.55. The van der Waals surface area contributed by atoms with E-state index in [1.807, 2.05) is 40.1 Å². The quantitative estimate of drug-likeness (QED) is 0.759. The van der Waals surface area contributed by atoms with Gasteiger partial charge in [-0.25, -0.2) is 0 Å². The molecule has 20 heavy (non-hydrogen) atoms. The van der Waals surface area contributed by atoms with Gasteiger partial charge >= 0.3 is 0 Å². The molecule has 0 aliphatic rings. The number of likely N-dealkylation sites (N-methyl/N-ethyl adjacent to an activating group) is 2. The van der Waals surface area contributed by atoms with Gasteiger partial charge in [0.1, 0.15) is 0 Å². The van der Waals surface area contributed by atoms with Gasteiger partial charge in [-0.15, -0.1) is 0 Å². The van der Waals surface area contributed by atoms with Crippen LogP contribution in [0.3, 0.4) is 0 Å². The highest BCUT2D eigenvalue weighted by Crippen LogP contribution is 2.13. The van der Waals surface area contributed by atoms with Gasteiger partial charge < -0.3 is 14.7 Å². The van der Waals surface area contributed by atoms with Gasteiger partial charge in [0.15, 0.2) is 0 Å². The molecular formula is C16H27N3O. The average molecular weight is 277 g/mol. The van der Waals surface area contributed by atoms with Crippen molar-refractivity contribution in [3.63, 3.8) is 0 Å². The summed E-state index contributed by atoms with van der Waals surface area (Å²) < 4.78 is 0. The maximum atomic E-state index is 12.0. The molecule has 0 N–H and O–H groups in total. The molecule has 112 valence electrons. The summed E-state index contributed by atoms with van der Waals surface area (Å²) >= 11 is 0. The van der Waals surface area contributed by atoms with E-state index in [4.69, 9.17) is 0 Å². The van der Waals surface area contributed by atoms with Gasteiger partial charge in [0.2, 0.25) is 5.91 Å². The first-order chi connectivity index (χ1) is 9.40. The molecule has 0 radical (unpaired) electrons. The van der Waals surface area contributed by atoms with Gasteiger partial charge in [-0.3, -0.25) is 4.79 Å². The Labute approximate surface area is 123 Å². The number of anilines is 1. The molecule has 0 saturated carbocycles. The number of benzene rings is 1. The van der Waals surface area contributed by atoms with Crippen LogP contribution in [-0.4, -0.2) is 64.0 Å². The lowest BCUT2D eigenvalue weighted by atomic mass is 10.1. The number of aryl methyl sites for hydroxylation is 1. The molecule has 0 fully saturated rings. The number of carbonyl (C=O) groups excluding carboxylic acids is 1. The summed E-state index contributed by atoms with van der Waals surface area (Å²) in [7, 11) is 9.96. The molecule has 1 rings (SSSR count). The lowest BCUT2D eigenvalue weighted by Crippen LogP contribution is -2.33. The van der Waals surface area contributed by atoms with Crippen molar-refractivity contribution in [3.05, 3.63) is 29.8 Å². The average Bonchev–Trinajstić information content (AvgIpc) is 2.42. The van der Waals surface area contributed by atoms with Crippen LogP contribution in [-0.2, 0) is 11.2 Å². The summed E-state index contributed by atoms with van der Waals surface area (Å²) in [4.78, 5) is 18.0. The zero-order valence-corrected chi connectivity index (χ0v) is 13.4. The van der Waals surface area contributed by atoms with E-state index in [1.165, 1.54) is 11.3 Å². The smallest absolute Gasteiger partial charge is 0.222 e. The van der Waals surface area contributed by atoms with Crippen molar-refractivity contribution < 1.29 is 4.79 Å². The fourth-order valence-electron chi connectivity index (χ4n) is 1.88. The Bertz CT molecular complexity index is 412. The van der Waals surface area contributed by atoms with Crippen LogP contribution in [0.1, 0.15) is 12.0 Å². The first-order valence-electron chi connectivity index (χ1n) is 7.05. The van der Waals surface area contributed by atoms with Crippen molar-refractivity contribution in [2.75, 3.05) is 53.2 Å².